The molecule has 0 aliphatic heterocycles. The zero-order chi connectivity index (χ0) is 8.69. The number of amides is 1. The summed E-state index contributed by atoms with van der Waals surface area (Å²) >= 11 is 0. The van der Waals surface area contributed by atoms with Crippen molar-refractivity contribution in [3.05, 3.63) is 0 Å². The molecule has 64 valence electrons. The third-order valence-electron chi connectivity index (χ3n) is 0.807. The van der Waals surface area contributed by atoms with Gasteiger partial charge >= 0.3 is 8.25 Å². The fourth-order valence-corrected chi connectivity index (χ4v) is 0.640. The van der Waals surface area contributed by atoms with Gasteiger partial charge in [-0.2, -0.15) is 0 Å². The molecule has 11 heavy (non-hydrogen) atoms. The fraction of sp³-hybridized carbons (Fsp3) is 0.750. The van der Waals surface area contributed by atoms with Crippen molar-refractivity contribution < 1.29 is 23.9 Å². The second-order valence-electron chi connectivity index (χ2n) is 1.58. The lowest BCUT2D eigenvalue weighted by molar-refractivity contribution is -0.122. The molecule has 3 N–H and O–H groups in total. The van der Waals surface area contributed by atoms with E-state index >= 15 is 0 Å². The maximum absolute atomic E-state index is 10.5. The van der Waals surface area contributed by atoms with Crippen molar-refractivity contribution in [2.45, 2.75) is 6.42 Å². The van der Waals surface area contributed by atoms with Crippen molar-refractivity contribution in [3.8, 4) is 0 Å². The van der Waals surface area contributed by atoms with Crippen LogP contribution in [0.25, 0.3) is 0 Å². The van der Waals surface area contributed by atoms with E-state index in [0.29, 0.717) is 0 Å². The van der Waals surface area contributed by atoms with Crippen LogP contribution in [0.3, 0.4) is 0 Å². The Morgan fingerprint density at radius 2 is 2.27 bits per heavy atom. The predicted octanol–water partition coefficient (Wildman–Crippen LogP) is -0.891. The lowest BCUT2D eigenvalue weighted by atomic mass is 10.4. The molecule has 0 saturated heterocycles. The van der Waals surface area contributed by atoms with Crippen LogP contribution in [0.4, 0.5) is 0 Å². The molecule has 0 aliphatic carbocycles. The second-order valence-corrected chi connectivity index (χ2v) is 2.31. The Morgan fingerprint density at radius 1 is 1.64 bits per heavy atom. The van der Waals surface area contributed by atoms with Gasteiger partial charge in [0.05, 0.1) is 6.42 Å². The van der Waals surface area contributed by atoms with E-state index in [1.165, 1.54) is 0 Å². The molecular weight excluding hydrogens is 173 g/mol. The highest BCUT2D eigenvalue weighted by atomic mass is 31.1. The number of hydrogen-bond donors (Lipinski definition) is 3. The summed E-state index contributed by atoms with van der Waals surface area (Å²) in [5.74, 6) is -0.427. The fourth-order valence-electron chi connectivity index (χ4n) is 0.393. The summed E-state index contributed by atoms with van der Waals surface area (Å²) < 4.78 is 14.1. The lowest BCUT2D eigenvalue weighted by Gasteiger charge is -1.96. The third kappa shape index (κ3) is 7.35. The summed E-state index contributed by atoms with van der Waals surface area (Å²) in [6.07, 6.45) is -0.0395. The Kier molecular flexibility index (Phi) is 5.87. The van der Waals surface area contributed by atoms with Gasteiger partial charge in [0.15, 0.2) is 0 Å². The first-order valence-electron chi connectivity index (χ1n) is 2.83. The second kappa shape index (κ2) is 6.18. The standard InChI is InChI=1S/C4H8NO5P/c6-3-5-4(7)1-2-10-11(8)9/h6H,1-3H2,(H-,5,7,8,9)/p+1. The van der Waals surface area contributed by atoms with Gasteiger partial charge in [-0.1, -0.05) is 0 Å². The lowest BCUT2D eigenvalue weighted by Crippen LogP contribution is -2.24. The molecule has 0 aromatic carbocycles. The Labute approximate surface area is 64.1 Å². The van der Waals surface area contributed by atoms with Crippen molar-refractivity contribution in [2.24, 2.45) is 0 Å². The number of nitrogens with one attached hydrogen (secondary N) is 1. The van der Waals surface area contributed by atoms with Crippen LogP contribution < -0.4 is 5.32 Å². The molecule has 1 unspecified atom stereocenters. The van der Waals surface area contributed by atoms with E-state index in [-0.39, 0.29) is 13.0 Å². The molecule has 0 heterocycles. The van der Waals surface area contributed by atoms with Crippen LogP contribution in [0, 0.1) is 0 Å². The van der Waals surface area contributed by atoms with Gasteiger partial charge in [-0.3, -0.25) is 4.79 Å². The zero-order valence-corrected chi connectivity index (χ0v) is 6.58. The van der Waals surface area contributed by atoms with E-state index in [1.54, 1.807) is 0 Å². The largest absolute Gasteiger partial charge is 0.694 e. The van der Waals surface area contributed by atoms with Gasteiger partial charge < -0.3 is 10.4 Å². The molecule has 0 fully saturated rings. The van der Waals surface area contributed by atoms with E-state index in [4.69, 9.17) is 10.00 Å². The molecule has 1 amide bonds. The van der Waals surface area contributed by atoms with Gasteiger partial charge in [0.2, 0.25) is 5.91 Å². The molecule has 0 aliphatic rings. The van der Waals surface area contributed by atoms with E-state index < -0.39 is 20.9 Å². The van der Waals surface area contributed by atoms with Gasteiger partial charge in [0.1, 0.15) is 13.3 Å². The molecule has 0 radical (unpaired) electrons. The SMILES string of the molecule is O=C(CCO[P+](=O)O)NCO. The molecule has 1 atom stereocenters. The Bertz CT molecular complexity index is 149. The molecule has 0 saturated carbocycles. The van der Waals surface area contributed by atoms with Crippen molar-refractivity contribution in [2.75, 3.05) is 13.3 Å². The Hall–Kier alpha value is -0.550. The van der Waals surface area contributed by atoms with E-state index in [2.05, 4.69) is 9.84 Å². The maximum atomic E-state index is 10.5. The van der Waals surface area contributed by atoms with Crippen LogP contribution in [0.1, 0.15) is 6.42 Å². The number of carbonyl (C=O) groups excluding carboxylic acids is 1. The highest BCUT2D eigenvalue weighted by Crippen LogP contribution is 2.13. The van der Waals surface area contributed by atoms with Crippen molar-refractivity contribution in [1.29, 1.82) is 0 Å². The first-order valence-corrected chi connectivity index (χ1v) is 3.96. The molecule has 0 aromatic rings. The van der Waals surface area contributed by atoms with E-state index in [9.17, 15) is 9.36 Å². The molecular formula is C4H9NO5P+. The Morgan fingerprint density at radius 3 is 2.73 bits per heavy atom. The van der Waals surface area contributed by atoms with Crippen molar-refractivity contribution in [1.82, 2.24) is 5.32 Å². The van der Waals surface area contributed by atoms with Crippen LogP contribution in [0.15, 0.2) is 0 Å². The van der Waals surface area contributed by atoms with Crippen LogP contribution in [0.2, 0.25) is 0 Å². The summed E-state index contributed by atoms with van der Waals surface area (Å²) in [6.45, 7) is -0.568. The quantitative estimate of drug-likeness (QED) is 0.378. The van der Waals surface area contributed by atoms with Crippen molar-refractivity contribution >= 4 is 14.2 Å². The minimum absolute atomic E-state index is 0.0395. The van der Waals surface area contributed by atoms with Crippen LogP contribution >= 0.6 is 8.25 Å². The predicted molar refractivity (Wildman–Crippen MR) is 35.6 cm³/mol. The van der Waals surface area contributed by atoms with Gasteiger partial charge in [-0.15, -0.1) is 9.42 Å². The van der Waals surface area contributed by atoms with Crippen LogP contribution in [-0.4, -0.2) is 29.2 Å². The zero-order valence-electron chi connectivity index (χ0n) is 5.69. The maximum Gasteiger partial charge on any atom is 0.694 e. The average Bonchev–Trinajstić information content (AvgIpc) is 1.87. The summed E-state index contributed by atoms with van der Waals surface area (Å²) in [6, 6.07) is 0. The molecule has 0 bridgehead atoms. The molecule has 7 heteroatoms. The first kappa shape index (κ1) is 10.4. The number of carbonyl (C=O) groups is 1. The third-order valence-corrected chi connectivity index (χ3v) is 1.21. The van der Waals surface area contributed by atoms with E-state index in [0.717, 1.165) is 0 Å². The average molecular weight is 182 g/mol. The van der Waals surface area contributed by atoms with Gasteiger partial charge in [-0.05, 0) is 0 Å². The summed E-state index contributed by atoms with van der Waals surface area (Å²) in [4.78, 5) is 18.6. The smallest absolute Gasteiger partial charge is 0.377 e. The topological polar surface area (TPSA) is 95.9 Å². The molecule has 0 aromatic heterocycles. The van der Waals surface area contributed by atoms with Gasteiger partial charge in [0.25, 0.3) is 0 Å². The normalized spacial score (nSPS) is 10.9. The van der Waals surface area contributed by atoms with Crippen LogP contribution in [-0.2, 0) is 13.9 Å². The van der Waals surface area contributed by atoms with Crippen LogP contribution in [0.5, 0.6) is 0 Å². The van der Waals surface area contributed by atoms with Crippen molar-refractivity contribution in [3.63, 3.8) is 0 Å². The summed E-state index contributed by atoms with van der Waals surface area (Å²) in [7, 11) is -2.63. The summed E-state index contributed by atoms with van der Waals surface area (Å²) in [5.41, 5.74) is 0. The summed E-state index contributed by atoms with van der Waals surface area (Å²) in [5, 5.41) is 10.2. The Balaban J connectivity index is 3.24. The molecule has 6 nitrogen and oxygen atoms in total. The molecule has 0 rings (SSSR count). The molecule has 0 spiro atoms. The number of hydrogen-bond acceptors (Lipinski definition) is 4. The minimum Gasteiger partial charge on any atom is -0.377 e. The minimum atomic E-state index is -2.63. The van der Waals surface area contributed by atoms with Gasteiger partial charge in [-0.25, -0.2) is 0 Å². The van der Waals surface area contributed by atoms with E-state index in [1.807, 2.05) is 0 Å². The van der Waals surface area contributed by atoms with Gasteiger partial charge in [0, 0.05) is 4.57 Å². The highest BCUT2D eigenvalue weighted by Gasteiger charge is 2.12. The number of aliphatic hydroxyl groups is 1. The first-order chi connectivity index (χ1) is 5.16. The highest BCUT2D eigenvalue weighted by molar-refractivity contribution is 7.32. The monoisotopic (exact) mass is 182 g/mol. The number of aliphatic hydroxyl groups excluding tert-OH is 1. The number of rotatable bonds is 5.